The quantitative estimate of drug-likeness (QED) is 0.606. The number of imide groups is 1. The molecular formula is C17H20BrNO4S. The van der Waals surface area contributed by atoms with Gasteiger partial charge in [-0.25, -0.2) is 0 Å². The number of rotatable bonds is 7. The molecule has 5 nitrogen and oxygen atoms in total. The van der Waals surface area contributed by atoms with Crippen LogP contribution in [0, 0.1) is 0 Å². The summed E-state index contributed by atoms with van der Waals surface area (Å²) in [6.07, 6.45) is 3.46. The minimum absolute atomic E-state index is 0.214. The van der Waals surface area contributed by atoms with E-state index < -0.39 is 0 Å². The van der Waals surface area contributed by atoms with Gasteiger partial charge in [0.15, 0.2) is 11.5 Å². The minimum Gasteiger partial charge on any atom is -0.493 e. The molecule has 1 aromatic carbocycles. The van der Waals surface area contributed by atoms with Crippen LogP contribution < -0.4 is 9.47 Å². The van der Waals surface area contributed by atoms with Gasteiger partial charge in [0.05, 0.1) is 18.6 Å². The summed E-state index contributed by atoms with van der Waals surface area (Å²) in [6, 6.07) is 3.59. The van der Waals surface area contributed by atoms with Crippen molar-refractivity contribution in [1.82, 2.24) is 4.90 Å². The summed E-state index contributed by atoms with van der Waals surface area (Å²) in [5, 5.41) is -0.214. The SMILES string of the molecule is CCCCN1C(=O)S/C(=C\c2cc(OCC)c(OC)cc2Br)C1=O. The van der Waals surface area contributed by atoms with Crippen molar-refractivity contribution in [2.75, 3.05) is 20.3 Å². The van der Waals surface area contributed by atoms with E-state index in [9.17, 15) is 9.59 Å². The number of amides is 2. The van der Waals surface area contributed by atoms with Crippen LogP contribution in [0.2, 0.25) is 0 Å². The first kappa shape index (κ1) is 18.9. The summed E-state index contributed by atoms with van der Waals surface area (Å²) in [4.78, 5) is 26.2. The van der Waals surface area contributed by atoms with Crippen LogP contribution in [-0.4, -0.2) is 36.3 Å². The van der Waals surface area contributed by atoms with Crippen molar-refractivity contribution in [1.29, 1.82) is 0 Å². The van der Waals surface area contributed by atoms with Crippen LogP contribution in [0.5, 0.6) is 11.5 Å². The van der Waals surface area contributed by atoms with E-state index in [2.05, 4.69) is 15.9 Å². The first-order valence-electron chi connectivity index (χ1n) is 7.77. The maximum atomic E-state index is 12.4. The van der Waals surface area contributed by atoms with Crippen LogP contribution in [0.1, 0.15) is 32.3 Å². The number of halogens is 1. The minimum atomic E-state index is -0.237. The molecular weight excluding hydrogens is 394 g/mol. The fourth-order valence-corrected chi connectivity index (χ4v) is 3.53. The van der Waals surface area contributed by atoms with Crippen LogP contribution in [0.3, 0.4) is 0 Å². The number of thioether (sulfide) groups is 1. The second-order valence-electron chi connectivity index (χ2n) is 5.14. The molecule has 1 aliphatic heterocycles. The Morgan fingerprint density at radius 2 is 2.00 bits per heavy atom. The van der Waals surface area contributed by atoms with Crippen molar-refractivity contribution in [3.63, 3.8) is 0 Å². The zero-order valence-electron chi connectivity index (χ0n) is 13.9. The normalized spacial score (nSPS) is 16.2. The molecule has 0 aromatic heterocycles. The van der Waals surface area contributed by atoms with E-state index in [4.69, 9.17) is 9.47 Å². The maximum absolute atomic E-state index is 12.4. The Hall–Kier alpha value is -1.47. The van der Waals surface area contributed by atoms with E-state index in [0.29, 0.717) is 29.6 Å². The number of hydrogen-bond donors (Lipinski definition) is 0. The predicted octanol–water partition coefficient (Wildman–Crippen LogP) is 4.69. The topological polar surface area (TPSA) is 55.8 Å². The lowest BCUT2D eigenvalue weighted by Crippen LogP contribution is -2.29. The van der Waals surface area contributed by atoms with Gasteiger partial charge >= 0.3 is 0 Å². The van der Waals surface area contributed by atoms with Crippen LogP contribution in [-0.2, 0) is 4.79 Å². The molecule has 1 aromatic rings. The fraction of sp³-hybridized carbons (Fsp3) is 0.412. The van der Waals surface area contributed by atoms with Gasteiger partial charge in [0.2, 0.25) is 0 Å². The Morgan fingerprint density at radius 3 is 2.62 bits per heavy atom. The zero-order chi connectivity index (χ0) is 17.7. The number of ether oxygens (including phenoxy) is 2. The molecule has 0 unspecified atom stereocenters. The molecule has 0 saturated carbocycles. The molecule has 0 aliphatic carbocycles. The third-order valence-corrected chi connectivity index (χ3v) is 5.07. The fourth-order valence-electron chi connectivity index (χ4n) is 2.24. The van der Waals surface area contributed by atoms with Gasteiger partial charge in [-0.15, -0.1) is 0 Å². The van der Waals surface area contributed by atoms with Gasteiger partial charge in [0, 0.05) is 11.0 Å². The molecule has 2 rings (SSSR count). The Kier molecular flexibility index (Phi) is 6.74. The van der Waals surface area contributed by atoms with Gasteiger partial charge in [-0.05, 0) is 48.9 Å². The maximum Gasteiger partial charge on any atom is 0.293 e. The molecule has 2 amide bonds. The van der Waals surface area contributed by atoms with Crippen LogP contribution >= 0.6 is 27.7 Å². The van der Waals surface area contributed by atoms with E-state index in [-0.39, 0.29) is 11.1 Å². The van der Waals surface area contributed by atoms with Crippen molar-refractivity contribution in [2.45, 2.75) is 26.7 Å². The number of unbranched alkanes of at least 4 members (excludes halogenated alkanes) is 1. The van der Waals surface area contributed by atoms with E-state index in [0.717, 1.165) is 34.6 Å². The van der Waals surface area contributed by atoms with E-state index in [1.165, 1.54) is 4.90 Å². The molecule has 0 N–H and O–H groups in total. The lowest BCUT2D eigenvalue weighted by atomic mass is 10.1. The van der Waals surface area contributed by atoms with Crippen molar-refractivity contribution in [3.05, 3.63) is 27.1 Å². The molecule has 7 heteroatoms. The van der Waals surface area contributed by atoms with Crippen LogP contribution in [0.4, 0.5) is 4.79 Å². The lowest BCUT2D eigenvalue weighted by Gasteiger charge is -2.12. The highest BCUT2D eigenvalue weighted by Gasteiger charge is 2.34. The molecule has 0 radical (unpaired) electrons. The number of hydrogen-bond acceptors (Lipinski definition) is 5. The molecule has 1 fully saturated rings. The second kappa shape index (κ2) is 8.58. The zero-order valence-corrected chi connectivity index (χ0v) is 16.3. The summed E-state index contributed by atoms with van der Waals surface area (Å²) < 4.78 is 11.6. The average Bonchev–Trinajstić information content (AvgIpc) is 2.82. The van der Waals surface area contributed by atoms with Crippen molar-refractivity contribution in [3.8, 4) is 11.5 Å². The number of benzene rings is 1. The Bertz CT molecular complexity index is 675. The molecule has 130 valence electrons. The number of carbonyl (C=O) groups is 2. The number of carbonyl (C=O) groups excluding carboxylic acids is 2. The van der Waals surface area contributed by atoms with Crippen LogP contribution in [0.25, 0.3) is 6.08 Å². The van der Waals surface area contributed by atoms with Gasteiger partial charge < -0.3 is 9.47 Å². The third kappa shape index (κ3) is 4.13. The van der Waals surface area contributed by atoms with E-state index in [1.807, 2.05) is 13.8 Å². The lowest BCUT2D eigenvalue weighted by molar-refractivity contribution is -0.122. The summed E-state index contributed by atoms with van der Waals surface area (Å²) in [7, 11) is 1.57. The molecule has 0 spiro atoms. The van der Waals surface area contributed by atoms with Gasteiger partial charge in [0.1, 0.15) is 0 Å². The van der Waals surface area contributed by atoms with Gasteiger partial charge in [-0.2, -0.15) is 0 Å². The van der Waals surface area contributed by atoms with Gasteiger partial charge in [0.25, 0.3) is 11.1 Å². The summed E-state index contributed by atoms with van der Waals surface area (Å²) in [6.45, 7) is 4.89. The Labute approximate surface area is 154 Å². The Morgan fingerprint density at radius 1 is 1.25 bits per heavy atom. The van der Waals surface area contributed by atoms with Crippen molar-refractivity contribution in [2.24, 2.45) is 0 Å². The summed E-state index contributed by atoms with van der Waals surface area (Å²) in [5.74, 6) is 0.968. The molecule has 1 aliphatic rings. The second-order valence-corrected chi connectivity index (χ2v) is 6.99. The van der Waals surface area contributed by atoms with Crippen molar-refractivity contribution < 1.29 is 19.1 Å². The van der Waals surface area contributed by atoms with Crippen LogP contribution in [0.15, 0.2) is 21.5 Å². The average molecular weight is 414 g/mol. The standard InChI is InChI=1S/C17H20BrNO4S/c1-4-6-7-19-16(20)15(24-17(19)21)9-11-8-14(23-5-2)13(22-3)10-12(11)18/h8-10H,4-7H2,1-3H3/b15-9-. The third-order valence-electron chi connectivity index (χ3n) is 3.48. The highest BCUT2D eigenvalue weighted by Crippen LogP contribution is 2.38. The highest BCUT2D eigenvalue weighted by atomic mass is 79.9. The van der Waals surface area contributed by atoms with Gasteiger partial charge in [-0.1, -0.05) is 29.3 Å². The molecule has 0 bridgehead atoms. The first-order valence-corrected chi connectivity index (χ1v) is 9.38. The van der Waals surface area contributed by atoms with Crippen molar-refractivity contribution >= 4 is 44.9 Å². The highest BCUT2D eigenvalue weighted by molar-refractivity contribution is 9.10. The Balaban J connectivity index is 2.32. The first-order chi connectivity index (χ1) is 11.5. The number of nitrogens with zero attached hydrogens (tertiary/aromatic N) is 1. The summed E-state index contributed by atoms with van der Waals surface area (Å²) in [5.41, 5.74) is 0.764. The molecule has 1 heterocycles. The number of methoxy groups -OCH3 is 1. The van der Waals surface area contributed by atoms with E-state index >= 15 is 0 Å². The van der Waals surface area contributed by atoms with E-state index in [1.54, 1.807) is 25.3 Å². The smallest absolute Gasteiger partial charge is 0.293 e. The summed E-state index contributed by atoms with van der Waals surface area (Å²) >= 11 is 4.44. The predicted molar refractivity (Wildman–Crippen MR) is 99.4 cm³/mol. The largest absolute Gasteiger partial charge is 0.493 e. The molecule has 1 saturated heterocycles. The monoisotopic (exact) mass is 413 g/mol. The molecule has 24 heavy (non-hydrogen) atoms. The molecule has 0 atom stereocenters. The van der Waals surface area contributed by atoms with Gasteiger partial charge in [-0.3, -0.25) is 14.5 Å².